The van der Waals surface area contributed by atoms with Crippen molar-refractivity contribution in [3.8, 4) is 56.5 Å². The van der Waals surface area contributed by atoms with Gasteiger partial charge in [-0.15, -0.1) is 0 Å². The number of ether oxygens (including phenoxy) is 4. The highest BCUT2D eigenvalue weighted by Crippen LogP contribution is 2.27. The Bertz CT molecular complexity index is 6620. The first-order valence-corrected chi connectivity index (χ1v) is 45.1. The summed E-state index contributed by atoms with van der Waals surface area (Å²) in [6.45, 7) is 14.9. The van der Waals surface area contributed by atoms with Crippen molar-refractivity contribution in [3.05, 3.63) is 357 Å². The molecule has 38 heteroatoms. The van der Waals surface area contributed by atoms with Crippen LogP contribution < -0.4 is 28.0 Å². The van der Waals surface area contributed by atoms with E-state index in [9.17, 15) is 83.7 Å². The second kappa shape index (κ2) is 51.0. The van der Waals surface area contributed by atoms with E-state index in [1.165, 1.54) is 86.8 Å². The number of hydrogen-bond donors (Lipinski definition) is 4. The summed E-state index contributed by atoms with van der Waals surface area (Å²) in [5, 5.41) is 45.4. The van der Waals surface area contributed by atoms with E-state index < -0.39 is 69.7 Å². The molecule has 30 nitrogen and oxygen atoms in total. The maximum Gasteiger partial charge on any atom is 0.335 e. The number of aliphatic hydroxyl groups excluding tert-OH is 2. The number of rotatable bonds is 31. The highest BCUT2D eigenvalue weighted by molar-refractivity contribution is 5.98. The Morgan fingerprint density at radius 1 is 0.350 bits per heavy atom. The normalized spacial score (nSPS) is 14.6. The Kier molecular flexibility index (Phi) is 37.7. The molecule has 5 aromatic heterocycles. The highest BCUT2D eigenvalue weighted by atomic mass is 19.2. The Balaban J connectivity index is 0.000000152. The zero-order valence-electron chi connectivity index (χ0n) is 76.1. The van der Waals surface area contributed by atoms with E-state index in [1.54, 1.807) is 66.9 Å². The Morgan fingerprint density at radius 3 is 1.04 bits per heavy atom. The van der Waals surface area contributed by atoms with Crippen molar-refractivity contribution in [1.82, 2.24) is 63.7 Å². The van der Waals surface area contributed by atoms with Crippen molar-refractivity contribution >= 4 is 23.3 Å². The second-order valence-electron chi connectivity index (χ2n) is 33.3. The molecule has 0 aliphatic carbocycles. The van der Waals surface area contributed by atoms with Gasteiger partial charge in [-0.05, 0) is 138 Å². The first-order valence-electron chi connectivity index (χ1n) is 45.1. The van der Waals surface area contributed by atoms with Crippen LogP contribution >= 0.6 is 0 Å². The van der Waals surface area contributed by atoms with E-state index in [4.69, 9.17) is 34.2 Å². The third kappa shape index (κ3) is 31.8. The molecule has 0 spiro atoms. The number of aliphatic hydroxyl groups is 2. The molecule has 2 atom stereocenters. The minimum Gasteiger partial charge on any atom is -0.478 e. The Morgan fingerprint density at radius 2 is 0.671 bits per heavy atom. The molecule has 4 fully saturated rings. The van der Waals surface area contributed by atoms with E-state index in [1.807, 2.05) is 29.2 Å². The van der Waals surface area contributed by atoms with Gasteiger partial charge in [0.25, 0.3) is 22.2 Å². The van der Waals surface area contributed by atoms with Crippen LogP contribution in [0.5, 0.6) is 0 Å². The number of aromatic nitrogens is 9. The molecule has 13 aromatic rings. The number of carbonyl (C=O) groups is 4. The summed E-state index contributed by atoms with van der Waals surface area (Å²) >= 11 is 0. The highest BCUT2D eigenvalue weighted by Gasteiger charge is 2.23. The van der Waals surface area contributed by atoms with Crippen LogP contribution in [0.1, 0.15) is 84.8 Å². The number of hydrogen-bond acceptors (Lipinski definition) is 25. The molecule has 4 aliphatic rings. The summed E-state index contributed by atoms with van der Waals surface area (Å²) in [6.07, 6.45) is 1.57. The van der Waals surface area contributed by atoms with Crippen LogP contribution in [0.25, 0.3) is 56.5 Å². The molecular weight excluding hydrogens is 1830 g/mol. The quantitative estimate of drug-likeness (QED) is 0.0232. The number of oxazole rings is 1. The molecule has 0 saturated carbocycles. The predicted octanol–water partition coefficient (Wildman–Crippen LogP) is 11.3. The average molecular weight is 1930 g/mol. The number of halogens is 8. The fourth-order valence-electron chi connectivity index (χ4n) is 15.4. The lowest BCUT2D eigenvalue weighted by molar-refractivity contribution is -0.121. The van der Waals surface area contributed by atoms with Gasteiger partial charge >= 0.3 is 5.97 Å². The minimum atomic E-state index is -1.08. The Labute approximate surface area is 797 Å². The number of β-amino-alcohol motifs (C(OH)–C–C–N with tert-alkyl or cyclic N) is 2. The van der Waals surface area contributed by atoms with Gasteiger partial charge in [0.05, 0.1) is 139 Å². The zero-order chi connectivity index (χ0) is 99.1. The van der Waals surface area contributed by atoms with E-state index in [-0.39, 0.29) is 125 Å². The van der Waals surface area contributed by atoms with Gasteiger partial charge in [-0.25, -0.2) is 63.6 Å². The number of carboxylic acids is 1. The topological polar surface area (TPSA) is 370 Å². The SMILES string of the molecule is NCC(O)CN1CCOCC1.O=C(CCC(=O)c1cccc(Cn2nc(-c3cc(F)cc(F)c3)ccc2=O)c1)CN1CCOCC1.O=C(CCC(O)CN1CCOCC1)c1cccc(Cn2nc(-c3cc(F)cc(F)c3)ccc2=O)c1.O=C(O)c1cccc(Cn2nc(-c3cc(F)cc(F)c3)ccc2=O)c1.O=c1ccc(-c2cc(F)cc(F)c2)nn1Cc1cccc(-c2ncc(CN3CCOCC3)o2)c1. The minimum absolute atomic E-state index is 0.0118. The summed E-state index contributed by atoms with van der Waals surface area (Å²) in [4.78, 5) is 111. The molecule has 5 N–H and O–H groups in total. The zero-order valence-corrected chi connectivity index (χ0v) is 76.1. The van der Waals surface area contributed by atoms with Crippen molar-refractivity contribution in [3.63, 3.8) is 0 Å². The van der Waals surface area contributed by atoms with Gasteiger partial charge in [-0.1, -0.05) is 60.7 Å². The smallest absolute Gasteiger partial charge is 0.335 e. The molecular formula is C102H102F8N14O16. The fraction of sp³-hybridized carbons (Fsp3) is 0.304. The van der Waals surface area contributed by atoms with Gasteiger partial charge in [0, 0.05) is 179 Å². The van der Waals surface area contributed by atoms with Crippen molar-refractivity contribution < 1.29 is 93.0 Å². The maximum absolute atomic E-state index is 13.6. The number of benzene rings is 8. The monoisotopic (exact) mass is 1930 g/mol. The lowest BCUT2D eigenvalue weighted by atomic mass is 10.0. The molecule has 4 saturated heterocycles. The molecule has 17 rings (SSSR count). The standard InChI is InChI=1S/C26H27F2N3O4.C26H25F2N3O4.C25H22F2N4O3.C18H12F2N2O3.C7H16N2O2/c2*27-21-13-20(14-22(28)15-21)24-5-7-26(34)31(29-24)16-18-2-1-3-19(12-18)25(33)6-4-23(32)17-30-8-10-35-11-9-30;26-20-11-19(12-21(27)13-20)23-4-5-24(32)31(29-23)15-17-2-1-3-18(10-17)25-28-14-22(34-25)16-30-6-8-33-9-7-30;19-14-7-13(8-15(20)9-14)16-4-5-17(23)22(21-16)10-11-2-1-3-12(6-11)18(24)25;8-5-7(10)6-9-1-3-11-4-2-9/h1-3,5,7,12-15,23,32H,4,6,8-11,16-17H2;1-3,5,7,12-15H,4,6,8-11,16-17H2;1-5,10-14H,6-9,15-16H2;1-9H,10H2,(H,24,25);7,10H,1-6,8H2. The number of nitrogens with zero attached hydrogens (tertiary/aromatic N) is 13. The van der Waals surface area contributed by atoms with E-state index in [2.05, 4.69) is 40.1 Å². The van der Waals surface area contributed by atoms with Gasteiger partial charge in [0.15, 0.2) is 11.6 Å². The van der Waals surface area contributed by atoms with Gasteiger partial charge in [-0.3, -0.25) is 53.2 Å². The number of carboxylic acid groups (broad SMARTS) is 1. The first kappa shape index (κ1) is 103. The fourth-order valence-corrected chi connectivity index (χ4v) is 15.4. The van der Waals surface area contributed by atoms with E-state index in [0.717, 1.165) is 135 Å². The van der Waals surface area contributed by atoms with Crippen LogP contribution in [0.4, 0.5) is 35.1 Å². The number of ketones is 3. The van der Waals surface area contributed by atoms with Crippen molar-refractivity contribution in [2.24, 2.45) is 5.73 Å². The third-order valence-electron chi connectivity index (χ3n) is 22.6. The number of Topliss-reactive ketones (excluding diaryl/α,β-unsaturated/α-hetero) is 3. The van der Waals surface area contributed by atoms with Crippen LogP contribution in [0.15, 0.2) is 248 Å². The molecule has 0 radical (unpaired) electrons. The maximum atomic E-state index is 13.6. The van der Waals surface area contributed by atoms with Crippen molar-refractivity contribution in [2.45, 2.75) is 70.6 Å². The van der Waals surface area contributed by atoms with Gasteiger partial charge < -0.3 is 44.4 Å². The number of morpholine rings is 4. The summed E-state index contributed by atoms with van der Waals surface area (Å²) < 4.78 is 140. The first-order chi connectivity index (χ1) is 67.5. The van der Waals surface area contributed by atoms with Crippen LogP contribution in [0.2, 0.25) is 0 Å². The molecule has 8 aromatic carbocycles. The predicted molar refractivity (Wildman–Crippen MR) is 501 cm³/mol. The molecule has 0 amide bonds. The molecule has 4 aliphatic heterocycles. The summed E-state index contributed by atoms with van der Waals surface area (Å²) in [5.74, 6) is -5.92. The molecule has 2 unspecified atom stereocenters. The summed E-state index contributed by atoms with van der Waals surface area (Å²) in [7, 11) is 0. The van der Waals surface area contributed by atoms with Gasteiger partial charge in [-0.2, -0.15) is 20.4 Å². The lowest BCUT2D eigenvalue weighted by Gasteiger charge is -2.28. The van der Waals surface area contributed by atoms with Crippen LogP contribution in [-0.4, -0.2) is 246 Å². The van der Waals surface area contributed by atoms with Crippen molar-refractivity contribution in [2.75, 3.05) is 131 Å². The Hall–Kier alpha value is -14.0. The third-order valence-corrected chi connectivity index (χ3v) is 22.6. The largest absolute Gasteiger partial charge is 0.478 e. The van der Waals surface area contributed by atoms with Crippen LogP contribution in [0, 0.1) is 46.5 Å². The lowest BCUT2D eigenvalue weighted by Crippen LogP contribution is -2.42. The summed E-state index contributed by atoms with van der Waals surface area (Å²) in [5.41, 5.74) is 10.2. The van der Waals surface area contributed by atoms with Crippen LogP contribution in [0.3, 0.4) is 0 Å². The van der Waals surface area contributed by atoms with Gasteiger partial charge in [0.1, 0.15) is 58.1 Å². The van der Waals surface area contributed by atoms with Crippen molar-refractivity contribution in [1.29, 1.82) is 0 Å². The second-order valence-corrected chi connectivity index (χ2v) is 33.3. The molecule has 9 heterocycles. The van der Waals surface area contributed by atoms with Crippen LogP contribution in [-0.2, 0) is 56.5 Å². The number of carbonyl (C=O) groups excluding carboxylic acids is 3. The van der Waals surface area contributed by atoms with E-state index >= 15 is 0 Å². The molecule has 0 bridgehead atoms. The number of nitrogens with two attached hydrogens (primary N) is 1. The van der Waals surface area contributed by atoms with Gasteiger partial charge in [0.2, 0.25) is 5.89 Å². The molecule has 732 valence electrons. The molecule has 140 heavy (non-hydrogen) atoms. The number of aromatic carboxylic acids is 1. The average Bonchev–Trinajstić information content (AvgIpc) is 1.63. The van der Waals surface area contributed by atoms with E-state index in [0.29, 0.717) is 131 Å². The summed E-state index contributed by atoms with van der Waals surface area (Å²) in [6, 6.07) is 50.3.